The number of carbonyl (C=O) groups is 1. The first-order valence-electron chi connectivity index (χ1n) is 8.81. The Morgan fingerprint density at radius 2 is 2.26 bits per heavy atom. The van der Waals surface area contributed by atoms with Crippen LogP contribution < -0.4 is 10.1 Å². The van der Waals surface area contributed by atoms with Crippen molar-refractivity contribution in [1.82, 2.24) is 20.1 Å². The van der Waals surface area contributed by atoms with Crippen molar-refractivity contribution < 1.29 is 9.53 Å². The number of hydrogen-bond acceptors (Lipinski definition) is 6. The molecule has 4 aromatic rings. The third-order valence-corrected chi connectivity index (χ3v) is 7.07. The van der Waals surface area contributed by atoms with E-state index >= 15 is 0 Å². The lowest BCUT2D eigenvalue weighted by Crippen LogP contribution is -2.25. The van der Waals surface area contributed by atoms with Crippen LogP contribution in [-0.4, -0.2) is 33.3 Å². The van der Waals surface area contributed by atoms with Crippen molar-refractivity contribution in [2.75, 3.05) is 6.54 Å². The summed E-state index contributed by atoms with van der Waals surface area (Å²) in [6.45, 7) is 2.71. The zero-order valence-electron chi connectivity index (χ0n) is 14.9. The molecule has 0 unspecified atom stereocenters. The van der Waals surface area contributed by atoms with Gasteiger partial charge >= 0.3 is 0 Å². The van der Waals surface area contributed by atoms with Gasteiger partial charge in [0.1, 0.15) is 11.9 Å². The lowest BCUT2D eigenvalue weighted by atomic mass is 10.0. The number of benzene rings is 1. The summed E-state index contributed by atoms with van der Waals surface area (Å²) < 4.78 is 10.4. The number of ether oxygens (including phenoxy) is 1. The first-order valence-corrected chi connectivity index (χ1v) is 10.5. The third kappa shape index (κ3) is 2.89. The van der Waals surface area contributed by atoms with Gasteiger partial charge in [0.15, 0.2) is 0 Å². The first kappa shape index (κ1) is 16.7. The number of thiazole rings is 1. The quantitative estimate of drug-likeness (QED) is 0.567. The number of aryl methyl sites for hydroxylation is 1. The van der Waals surface area contributed by atoms with Crippen molar-refractivity contribution in [2.24, 2.45) is 13.0 Å². The Morgan fingerprint density at radius 1 is 1.37 bits per heavy atom. The normalized spacial score (nSPS) is 18.3. The number of thiophene rings is 1. The second-order valence-corrected chi connectivity index (χ2v) is 8.83. The van der Waals surface area contributed by atoms with Gasteiger partial charge in [0.25, 0.3) is 0 Å². The molecule has 1 aliphatic heterocycles. The maximum Gasteiger partial charge on any atom is 0.220 e. The summed E-state index contributed by atoms with van der Waals surface area (Å²) in [6, 6.07) is 6.37. The van der Waals surface area contributed by atoms with Crippen LogP contribution in [0.2, 0.25) is 0 Å². The molecule has 1 N–H and O–H groups in total. The van der Waals surface area contributed by atoms with E-state index in [1.54, 1.807) is 22.7 Å². The number of amides is 1. The minimum Gasteiger partial charge on any atom is -0.489 e. The zero-order valence-corrected chi connectivity index (χ0v) is 16.6. The van der Waals surface area contributed by atoms with E-state index < -0.39 is 0 Å². The summed E-state index contributed by atoms with van der Waals surface area (Å²) in [5.41, 5.74) is 5.01. The molecule has 27 heavy (non-hydrogen) atoms. The molecule has 3 aromatic heterocycles. The highest BCUT2D eigenvalue weighted by Gasteiger charge is 2.28. The highest BCUT2D eigenvalue weighted by Crippen LogP contribution is 2.39. The molecule has 8 heteroatoms. The van der Waals surface area contributed by atoms with Crippen molar-refractivity contribution in [2.45, 2.75) is 19.4 Å². The standard InChI is InChI=1S/C19H18N4O2S2/c1-10(12-5-18(24)20-7-12)25-15-4-11(3-13-19(15)26-9-21-13)16-6-14-17(27-16)8-22-23(14)2/h3-4,6,8-10,12H,5,7H2,1-2H3,(H,20,24)/t10-,12-/m1/s1. The predicted molar refractivity (Wildman–Crippen MR) is 108 cm³/mol. The monoisotopic (exact) mass is 398 g/mol. The summed E-state index contributed by atoms with van der Waals surface area (Å²) in [6.07, 6.45) is 2.38. The molecule has 0 radical (unpaired) electrons. The number of nitrogens with one attached hydrogen (secondary N) is 1. The summed E-state index contributed by atoms with van der Waals surface area (Å²) in [4.78, 5) is 17.2. The predicted octanol–water partition coefficient (Wildman–Crippen LogP) is 3.81. The molecular formula is C19H18N4O2S2. The number of nitrogens with zero attached hydrogens (tertiary/aromatic N) is 3. The molecule has 6 nitrogen and oxygen atoms in total. The molecule has 1 amide bonds. The van der Waals surface area contributed by atoms with Gasteiger partial charge in [-0.25, -0.2) is 4.98 Å². The Bertz CT molecular complexity index is 1160. The van der Waals surface area contributed by atoms with Crippen LogP contribution >= 0.6 is 22.7 Å². The van der Waals surface area contributed by atoms with Crippen molar-refractivity contribution in [3.8, 4) is 16.2 Å². The van der Waals surface area contributed by atoms with Crippen LogP contribution in [0.3, 0.4) is 0 Å². The molecule has 5 rings (SSSR count). The van der Waals surface area contributed by atoms with Gasteiger partial charge in [-0.1, -0.05) is 0 Å². The lowest BCUT2D eigenvalue weighted by Gasteiger charge is -2.20. The summed E-state index contributed by atoms with van der Waals surface area (Å²) in [5.74, 6) is 1.14. The number of hydrogen-bond donors (Lipinski definition) is 1. The Hall–Kier alpha value is -2.45. The topological polar surface area (TPSA) is 69.0 Å². The molecule has 0 saturated carbocycles. The molecule has 1 fully saturated rings. The van der Waals surface area contributed by atoms with Crippen LogP contribution in [-0.2, 0) is 11.8 Å². The SMILES string of the molecule is C[C@@H](Oc1cc(-c2cc3c(cnn3C)s2)cc2ncsc12)[C@H]1CNC(=O)C1. The molecule has 0 spiro atoms. The molecule has 1 aliphatic rings. The van der Waals surface area contributed by atoms with Crippen LogP contribution in [0, 0.1) is 5.92 Å². The summed E-state index contributed by atoms with van der Waals surface area (Å²) in [7, 11) is 1.95. The van der Waals surface area contributed by atoms with Crippen molar-refractivity contribution in [3.63, 3.8) is 0 Å². The Kier molecular flexibility index (Phi) is 3.91. The van der Waals surface area contributed by atoms with E-state index in [0.717, 1.165) is 31.7 Å². The molecule has 4 heterocycles. The van der Waals surface area contributed by atoms with Gasteiger partial charge in [-0.3, -0.25) is 9.48 Å². The number of fused-ring (bicyclic) bond motifs is 2. The van der Waals surface area contributed by atoms with Gasteiger partial charge in [0, 0.05) is 30.8 Å². The van der Waals surface area contributed by atoms with Crippen LogP contribution in [0.4, 0.5) is 0 Å². The fourth-order valence-electron chi connectivity index (χ4n) is 3.51. The Labute approximate surface area is 163 Å². The minimum absolute atomic E-state index is 0.0453. The minimum atomic E-state index is -0.0453. The molecular weight excluding hydrogens is 380 g/mol. The third-order valence-electron chi connectivity index (χ3n) is 5.10. The second kappa shape index (κ2) is 6.31. The summed E-state index contributed by atoms with van der Waals surface area (Å²) >= 11 is 3.30. The van der Waals surface area contributed by atoms with Gasteiger partial charge in [0.05, 0.1) is 32.1 Å². The average Bonchev–Trinajstić information content (AvgIpc) is 3.40. The molecule has 2 atom stereocenters. The van der Waals surface area contributed by atoms with Crippen LogP contribution in [0.15, 0.2) is 29.9 Å². The van der Waals surface area contributed by atoms with Gasteiger partial charge in [-0.05, 0) is 30.7 Å². The van der Waals surface area contributed by atoms with Crippen molar-refractivity contribution >= 4 is 49.0 Å². The van der Waals surface area contributed by atoms with Crippen molar-refractivity contribution in [1.29, 1.82) is 0 Å². The Balaban J connectivity index is 1.53. The maximum atomic E-state index is 11.5. The van der Waals surface area contributed by atoms with Crippen molar-refractivity contribution in [3.05, 3.63) is 29.9 Å². The average molecular weight is 399 g/mol. The zero-order chi connectivity index (χ0) is 18.5. The fourth-order valence-corrected chi connectivity index (χ4v) is 5.27. The van der Waals surface area contributed by atoms with E-state index in [0.29, 0.717) is 13.0 Å². The van der Waals surface area contributed by atoms with Gasteiger partial charge in [-0.15, -0.1) is 22.7 Å². The van der Waals surface area contributed by atoms with Gasteiger partial charge < -0.3 is 10.1 Å². The van der Waals surface area contributed by atoms with E-state index in [4.69, 9.17) is 4.74 Å². The van der Waals surface area contributed by atoms with E-state index in [2.05, 4.69) is 33.6 Å². The van der Waals surface area contributed by atoms with E-state index in [1.165, 1.54) is 4.88 Å². The smallest absolute Gasteiger partial charge is 0.220 e. The van der Waals surface area contributed by atoms with E-state index in [9.17, 15) is 4.79 Å². The number of carbonyl (C=O) groups excluding carboxylic acids is 1. The maximum absolute atomic E-state index is 11.5. The second-order valence-electron chi connectivity index (χ2n) is 6.89. The molecule has 0 bridgehead atoms. The highest BCUT2D eigenvalue weighted by atomic mass is 32.1. The van der Waals surface area contributed by atoms with Gasteiger partial charge in [-0.2, -0.15) is 5.10 Å². The molecule has 138 valence electrons. The Morgan fingerprint density at radius 3 is 3.04 bits per heavy atom. The highest BCUT2D eigenvalue weighted by molar-refractivity contribution is 7.22. The van der Waals surface area contributed by atoms with Crippen LogP contribution in [0.25, 0.3) is 30.9 Å². The van der Waals surface area contributed by atoms with Gasteiger partial charge in [0.2, 0.25) is 5.91 Å². The van der Waals surface area contributed by atoms with Crippen LogP contribution in [0.5, 0.6) is 5.75 Å². The first-order chi connectivity index (χ1) is 13.1. The lowest BCUT2D eigenvalue weighted by molar-refractivity contribution is -0.119. The molecule has 1 saturated heterocycles. The number of rotatable bonds is 4. The van der Waals surface area contributed by atoms with E-state index in [1.807, 2.05) is 30.4 Å². The largest absolute Gasteiger partial charge is 0.489 e. The number of aromatic nitrogens is 3. The summed E-state index contributed by atoms with van der Waals surface area (Å²) in [5, 5.41) is 7.19. The van der Waals surface area contributed by atoms with E-state index in [-0.39, 0.29) is 17.9 Å². The molecule has 0 aliphatic carbocycles. The van der Waals surface area contributed by atoms with Crippen LogP contribution in [0.1, 0.15) is 13.3 Å². The molecule has 1 aromatic carbocycles. The fraction of sp³-hybridized carbons (Fsp3) is 0.316.